The summed E-state index contributed by atoms with van der Waals surface area (Å²) in [5.41, 5.74) is 40.2. The summed E-state index contributed by atoms with van der Waals surface area (Å²) in [5.74, 6) is -8.43. The lowest BCUT2D eigenvalue weighted by molar-refractivity contribution is -0.151. The summed E-state index contributed by atoms with van der Waals surface area (Å²) in [7, 11) is 0. The van der Waals surface area contributed by atoms with Gasteiger partial charge >= 0.3 is 5.97 Å². The maximum Gasteiger partial charge on any atom is 0.326 e. The van der Waals surface area contributed by atoms with Gasteiger partial charge in [-0.1, -0.05) is 49.6 Å². The number of nitrogens with two attached hydrogens (primary N) is 7. The molecule has 0 spiro atoms. The van der Waals surface area contributed by atoms with E-state index in [1.54, 1.807) is 35.7 Å². The molecule has 6 rings (SSSR count). The minimum atomic E-state index is -1.67. The molecule has 4 heterocycles. The summed E-state index contributed by atoms with van der Waals surface area (Å²) in [5, 5.41) is 46.4. The molecule has 2 saturated heterocycles. The predicted octanol–water partition coefficient (Wildman–Crippen LogP) is -4.77. The number of aliphatic hydroxyl groups is 2. The second-order valence-electron chi connectivity index (χ2n) is 23.6. The van der Waals surface area contributed by atoms with Gasteiger partial charge in [0.2, 0.25) is 53.2 Å². The first-order chi connectivity index (χ1) is 43.9. The zero-order valence-electron chi connectivity index (χ0n) is 51.7. The highest BCUT2D eigenvalue weighted by Gasteiger charge is 2.47. The van der Waals surface area contributed by atoms with Crippen LogP contribution in [0.5, 0.6) is 0 Å². The number of carbonyl (C=O) groups excluding carboxylic acids is 9. The first-order valence-electron chi connectivity index (χ1n) is 31.1. The molecule has 1 aliphatic carbocycles. The van der Waals surface area contributed by atoms with E-state index in [2.05, 4.69) is 41.6 Å². The van der Waals surface area contributed by atoms with Crippen molar-refractivity contribution in [1.82, 2.24) is 46.2 Å². The van der Waals surface area contributed by atoms with Gasteiger partial charge in [-0.05, 0) is 92.7 Å². The molecule has 2 aromatic rings. The van der Waals surface area contributed by atoms with Gasteiger partial charge in [-0.15, -0.1) is 11.3 Å². The largest absolute Gasteiger partial charge is 0.480 e. The minimum absolute atomic E-state index is 0.00103. The number of likely N-dealkylation sites (tertiary alicyclic amines) is 2. The molecule has 3 fully saturated rings. The lowest BCUT2D eigenvalue weighted by atomic mass is 9.88. The number of thiophene rings is 1. The number of hydrogen-bond acceptors (Lipinski definition) is 17. The van der Waals surface area contributed by atoms with Crippen LogP contribution < -0.4 is 66.7 Å². The molecule has 1 aromatic heterocycles. The van der Waals surface area contributed by atoms with Crippen LogP contribution in [0, 0.1) is 5.92 Å². The zero-order chi connectivity index (χ0) is 67.0. The number of aliphatic imine (C=N–C) groups is 3. The molecule has 0 radical (unpaired) electrons. The van der Waals surface area contributed by atoms with Crippen molar-refractivity contribution in [3.05, 3.63) is 57.8 Å². The average molecular weight is 1310 g/mol. The Morgan fingerprint density at radius 2 is 1.26 bits per heavy atom. The Kier molecular flexibility index (Phi) is 28.2. The number of carbonyl (C=O) groups is 10. The van der Waals surface area contributed by atoms with Crippen LogP contribution in [0.25, 0.3) is 0 Å². The number of aliphatic carboxylic acids is 1. The van der Waals surface area contributed by atoms with Crippen LogP contribution in [0.15, 0.2) is 56.8 Å². The van der Waals surface area contributed by atoms with Gasteiger partial charge < -0.3 is 102 Å². The third kappa shape index (κ3) is 21.7. The van der Waals surface area contributed by atoms with Crippen molar-refractivity contribution < 1.29 is 63.3 Å². The van der Waals surface area contributed by atoms with Crippen LogP contribution in [0.1, 0.15) is 106 Å². The molecule has 1 saturated carbocycles. The van der Waals surface area contributed by atoms with Crippen LogP contribution in [0.3, 0.4) is 0 Å². The van der Waals surface area contributed by atoms with E-state index in [9.17, 15) is 58.5 Å². The average Bonchev–Trinajstić information content (AvgIpc) is 1.16. The van der Waals surface area contributed by atoms with Crippen molar-refractivity contribution in [1.29, 1.82) is 0 Å². The number of aliphatic hydroxyl groups excluding tert-OH is 2. The second kappa shape index (κ2) is 35.8. The molecular formula is C59H91N19O13S. The third-order valence-electron chi connectivity index (χ3n) is 16.7. The molecule has 3 aliphatic heterocycles. The number of β-amino-alcohol motifs (C(OH)–C–C–N with tert-alkyl or cyclic N) is 1. The Balaban J connectivity index is 1.13. The van der Waals surface area contributed by atoms with Crippen molar-refractivity contribution in [2.24, 2.45) is 61.0 Å². The van der Waals surface area contributed by atoms with Crippen LogP contribution in [0.2, 0.25) is 0 Å². The van der Waals surface area contributed by atoms with E-state index < -0.39 is 133 Å². The van der Waals surface area contributed by atoms with Gasteiger partial charge in [0.15, 0.2) is 17.9 Å². The predicted molar refractivity (Wildman–Crippen MR) is 340 cm³/mol. The molecule has 9 atom stereocenters. The lowest BCUT2D eigenvalue weighted by Gasteiger charge is -2.41. The van der Waals surface area contributed by atoms with Gasteiger partial charge in [0.05, 0.1) is 31.8 Å². The Morgan fingerprint density at radius 1 is 0.652 bits per heavy atom. The summed E-state index contributed by atoms with van der Waals surface area (Å²) < 4.78 is 0. The topological polar surface area (TPSA) is 524 Å². The van der Waals surface area contributed by atoms with E-state index in [0.717, 1.165) is 42.6 Å². The second-order valence-corrected chi connectivity index (χ2v) is 24.6. The molecule has 4 aliphatic rings. The van der Waals surface area contributed by atoms with Crippen LogP contribution in [-0.2, 0) is 67.3 Å². The Hall–Kier alpha value is -8.69. The number of hydrogen-bond donors (Lipinski definition) is 15. The summed E-state index contributed by atoms with van der Waals surface area (Å²) >= 11 is 1.27. The molecule has 32 nitrogen and oxygen atoms in total. The molecule has 9 amide bonds. The van der Waals surface area contributed by atoms with Crippen molar-refractivity contribution in [2.45, 2.75) is 164 Å². The monoisotopic (exact) mass is 1310 g/mol. The fourth-order valence-corrected chi connectivity index (χ4v) is 12.7. The molecule has 22 N–H and O–H groups in total. The van der Waals surface area contributed by atoms with Crippen LogP contribution >= 0.6 is 11.3 Å². The van der Waals surface area contributed by atoms with Crippen molar-refractivity contribution in [2.75, 3.05) is 59.0 Å². The molecular weight excluding hydrogens is 1210 g/mol. The molecule has 0 unspecified atom stereocenters. The normalized spacial score (nSPS) is 19.5. The van der Waals surface area contributed by atoms with Crippen molar-refractivity contribution in [3.63, 3.8) is 0 Å². The first-order valence-corrected chi connectivity index (χ1v) is 32.0. The van der Waals surface area contributed by atoms with Crippen LogP contribution in [0.4, 0.5) is 0 Å². The molecule has 0 bridgehead atoms. The highest BCUT2D eigenvalue weighted by molar-refractivity contribution is 7.09. The Morgan fingerprint density at radius 3 is 1.88 bits per heavy atom. The van der Waals surface area contributed by atoms with Crippen molar-refractivity contribution in [3.8, 4) is 0 Å². The van der Waals surface area contributed by atoms with Gasteiger partial charge in [0, 0.05) is 70.0 Å². The number of rotatable bonds is 33. The zero-order valence-corrected chi connectivity index (χ0v) is 52.5. The van der Waals surface area contributed by atoms with Gasteiger partial charge in [-0.2, -0.15) is 0 Å². The summed E-state index contributed by atoms with van der Waals surface area (Å²) in [4.78, 5) is 158. The highest BCUT2D eigenvalue weighted by Crippen LogP contribution is 2.30. The SMILES string of the molecule is NC(N)=NCCC[C@@H](N)C(=O)N[C@@H](CCCN=C(N)N)C(=O)N1CCC[C@H]1C(=O)N1C[C@H](O)C[C@H]1C(=O)NCC(=O)N[C@@H](Cc1cccs1)C(=O)N[C@@H](CO)C(=O)N1Cc2ccccc2C[C@@H]1C(=O)N(CC(=O)N[C@@H](CCCN=C(N)N)C(=O)O)CC1CCCCC1. The summed E-state index contributed by atoms with van der Waals surface area (Å²) in [6.07, 6.45) is 4.54. The van der Waals surface area contributed by atoms with Gasteiger partial charge in [-0.25, -0.2) is 4.79 Å². The maximum atomic E-state index is 15.1. The highest BCUT2D eigenvalue weighted by atomic mass is 32.1. The number of nitrogens with one attached hydrogen (secondary N) is 5. The van der Waals surface area contributed by atoms with Crippen LogP contribution in [-0.4, -0.2) is 225 Å². The molecule has 1 aromatic carbocycles. The Bertz CT molecular complexity index is 2970. The summed E-state index contributed by atoms with van der Waals surface area (Å²) in [6.45, 7) is -1.88. The van der Waals surface area contributed by atoms with E-state index in [-0.39, 0.29) is 127 Å². The molecule has 92 heavy (non-hydrogen) atoms. The maximum absolute atomic E-state index is 15.1. The fraction of sp³-hybridized carbons (Fsp3) is 0.610. The van der Waals surface area contributed by atoms with Gasteiger partial charge in [-0.3, -0.25) is 58.1 Å². The number of fused-ring (bicyclic) bond motifs is 1. The number of benzene rings is 1. The fourth-order valence-electron chi connectivity index (χ4n) is 12.0. The van der Waals surface area contributed by atoms with Gasteiger partial charge in [0.25, 0.3) is 0 Å². The minimum Gasteiger partial charge on any atom is -0.480 e. The van der Waals surface area contributed by atoms with E-state index in [1.165, 1.54) is 26.0 Å². The number of carboxylic acid groups (broad SMARTS) is 1. The van der Waals surface area contributed by atoms with Crippen molar-refractivity contribution >= 4 is 88.3 Å². The number of nitrogens with zero attached hydrogens (tertiary/aromatic N) is 7. The molecule has 33 heteroatoms. The van der Waals surface area contributed by atoms with E-state index in [0.29, 0.717) is 23.3 Å². The smallest absolute Gasteiger partial charge is 0.326 e. The Labute approximate surface area is 537 Å². The number of carboxylic acids is 1. The van der Waals surface area contributed by atoms with E-state index >= 15 is 4.79 Å². The number of guanidine groups is 3. The third-order valence-corrected chi connectivity index (χ3v) is 17.6. The number of amides is 9. The quantitative estimate of drug-likeness (QED) is 0.0181. The lowest BCUT2D eigenvalue weighted by Crippen LogP contribution is -2.61. The summed E-state index contributed by atoms with van der Waals surface area (Å²) in [6, 6.07) is 0.329. The van der Waals surface area contributed by atoms with Gasteiger partial charge in [0.1, 0.15) is 42.3 Å². The van der Waals surface area contributed by atoms with E-state index in [4.69, 9.17) is 40.1 Å². The standard InChI is InChI=1S/C59H91N19O13S/c60-39(16-6-20-67-57(61)62)49(83)73-40(17-7-21-68-58(63)64)52(86)76-23-9-19-44(76)55(89)78-31-37(80)26-45(78)51(85)70-28-47(81)72-42(27-38-15-10-24-92-38)50(84)74-43(33-79)53(87)77-30-36-14-5-4-13-35(36)25-46(77)54(88)75(29-34-11-2-1-3-12-34)32-48(82)71-41(56(90)91)18-8-22-69-59(65)66/h4-5,10,13-15,24,34,37,39-46,79-80H,1-3,6-9,11-12,16-23,25-33,60H2,(H,70,85)(H,71,82)(H,72,81)(H,73,83)(H,74,84)(H,90,91)(H4,61,62,67)(H4,63,64,68)(H4,65,66,69)/t37-,39-,40+,41+,42+,43+,44+,45+,46-/m1/s1. The first kappa shape index (κ1) is 72.4. The molecule has 506 valence electrons. The van der Waals surface area contributed by atoms with E-state index in [1.807, 2.05) is 6.07 Å².